The lowest BCUT2D eigenvalue weighted by molar-refractivity contribution is 0.00843. The topological polar surface area (TPSA) is 21.3 Å². The van der Waals surface area contributed by atoms with Crippen LogP contribution in [0.4, 0.5) is 0 Å². The van der Waals surface area contributed by atoms with Crippen LogP contribution in [0.1, 0.15) is 78.1 Å². The largest absolute Gasteiger partial charge is 0.378 e. The Hall–Kier alpha value is -0.0800. The van der Waals surface area contributed by atoms with Crippen LogP contribution in [0.15, 0.2) is 0 Å². The summed E-state index contributed by atoms with van der Waals surface area (Å²) in [4.78, 5) is 0. The normalized spacial score (nSPS) is 22.0. The average Bonchev–Trinajstić information content (AvgIpc) is 2.42. The van der Waals surface area contributed by atoms with Crippen molar-refractivity contribution in [2.45, 2.75) is 90.2 Å². The minimum absolute atomic E-state index is 0.551. The maximum absolute atomic E-state index is 5.82. The zero-order valence-electron chi connectivity index (χ0n) is 12.5. The van der Waals surface area contributed by atoms with Crippen molar-refractivity contribution < 1.29 is 4.74 Å². The molecule has 1 fully saturated rings. The molecule has 2 atom stereocenters. The zero-order valence-corrected chi connectivity index (χ0v) is 12.5. The molecule has 0 bridgehead atoms. The van der Waals surface area contributed by atoms with Gasteiger partial charge in [-0.2, -0.15) is 0 Å². The van der Waals surface area contributed by atoms with E-state index in [-0.39, 0.29) is 0 Å². The summed E-state index contributed by atoms with van der Waals surface area (Å²) in [6.07, 6.45) is 13.9. The van der Waals surface area contributed by atoms with E-state index in [1.54, 1.807) is 0 Å². The first-order chi connectivity index (χ1) is 8.86. The van der Waals surface area contributed by atoms with Gasteiger partial charge < -0.3 is 10.1 Å². The molecule has 1 aliphatic heterocycles. The highest BCUT2D eigenvalue weighted by Gasteiger charge is 2.16. The standard InChI is InChI=1S/C16H33NO/c1-3-5-6-7-10-15(17-4-2)12-13-16-11-8-9-14-18-16/h15-17H,3-14H2,1-2H3. The van der Waals surface area contributed by atoms with E-state index in [9.17, 15) is 0 Å². The van der Waals surface area contributed by atoms with Gasteiger partial charge in [0.1, 0.15) is 0 Å². The van der Waals surface area contributed by atoms with E-state index < -0.39 is 0 Å². The monoisotopic (exact) mass is 255 g/mol. The Kier molecular flexibility index (Phi) is 9.59. The SMILES string of the molecule is CCCCCCC(CCC1CCCCO1)NCC. The second kappa shape index (κ2) is 10.8. The van der Waals surface area contributed by atoms with E-state index in [1.807, 2.05) is 0 Å². The van der Waals surface area contributed by atoms with Crippen LogP contribution in [0.3, 0.4) is 0 Å². The number of nitrogens with one attached hydrogen (secondary N) is 1. The molecule has 0 aliphatic carbocycles. The van der Waals surface area contributed by atoms with E-state index >= 15 is 0 Å². The first-order valence-corrected chi connectivity index (χ1v) is 8.21. The van der Waals surface area contributed by atoms with Crippen molar-refractivity contribution in [2.75, 3.05) is 13.2 Å². The number of unbranched alkanes of at least 4 members (excludes halogenated alkanes) is 3. The van der Waals surface area contributed by atoms with Gasteiger partial charge in [-0.15, -0.1) is 0 Å². The van der Waals surface area contributed by atoms with E-state index in [0.717, 1.165) is 19.2 Å². The van der Waals surface area contributed by atoms with Crippen LogP contribution in [-0.2, 0) is 4.74 Å². The molecule has 18 heavy (non-hydrogen) atoms. The molecule has 2 nitrogen and oxygen atoms in total. The smallest absolute Gasteiger partial charge is 0.0575 e. The highest BCUT2D eigenvalue weighted by molar-refractivity contribution is 4.71. The van der Waals surface area contributed by atoms with Crippen molar-refractivity contribution in [2.24, 2.45) is 0 Å². The van der Waals surface area contributed by atoms with Crippen molar-refractivity contribution in [3.05, 3.63) is 0 Å². The summed E-state index contributed by atoms with van der Waals surface area (Å²) in [5.41, 5.74) is 0. The Morgan fingerprint density at radius 3 is 2.67 bits per heavy atom. The average molecular weight is 255 g/mol. The molecule has 2 unspecified atom stereocenters. The summed E-state index contributed by atoms with van der Waals surface area (Å²) in [6, 6.07) is 0.720. The van der Waals surface area contributed by atoms with Crippen molar-refractivity contribution >= 4 is 0 Å². The molecule has 1 heterocycles. The zero-order chi connectivity index (χ0) is 13.1. The number of rotatable bonds is 10. The second-order valence-corrected chi connectivity index (χ2v) is 5.67. The number of hydrogen-bond acceptors (Lipinski definition) is 2. The third-order valence-corrected chi connectivity index (χ3v) is 4.01. The Morgan fingerprint density at radius 2 is 2.00 bits per heavy atom. The molecule has 1 aliphatic rings. The first kappa shape index (κ1) is 16.0. The predicted molar refractivity (Wildman–Crippen MR) is 79.0 cm³/mol. The van der Waals surface area contributed by atoms with Crippen LogP contribution in [0.25, 0.3) is 0 Å². The van der Waals surface area contributed by atoms with Crippen LogP contribution in [-0.4, -0.2) is 25.3 Å². The summed E-state index contributed by atoms with van der Waals surface area (Å²) >= 11 is 0. The molecule has 108 valence electrons. The third-order valence-electron chi connectivity index (χ3n) is 4.01. The molecule has 0 saturated carbocycles. The summed E-state index contributed by atoms with van der Waals surface area (Å²) in [6.45, 7) is 6.59. The van der Waals surface area contributed by atoms with Crippen LogP contribution in [0.5, 0.6) is 0 Å². The van der Waals surface area contributed by atoms with Gasteiger partial charge in [0.2, 0.25) is 0 Å². The van der Waals surface area contributed by atoms with Gasteiger partial charge in [0, 0.05) is 12.6 Å². The van der Waals surface area contributed by atoms with Crippen LogP contribution in [0, 0.1) is 0 Å². The molecule has 0 aromatic rings. The first-order valence-electron chi connectivity index (χ1n) is 8.21. The van der Waals surface area contributed by atoms with E-state index in [1.165, 1.54) is 64.2 Å². The van der Waals surface area contributed by atoms with Gasteiger partial charge in [-0.3, -0.25) is 0 Å². The molecular formula is C16H33NO. The van der Waals surface area contributed by atoms with E-state index in [2.05, 4.69) is 19.2 Å². The van der Waals surface area contributed by atoms with E-state index in [0.29, 0.717) is 6.10 Å². The van der Waals surface area contributed by atoms with Crippen molar-refractivity contribution in [3.8, 4) is 0 Å². The van der Waals surface area contributed by atoms with Gasteiger partial charge >= 0.3 is 0 Å². The van der Waals surface area contributed by atoms with Gasteiger partial charge in [0.15, 0.2) is 0 Å². The predicted octanol–water partition coefficient (Wildman–Crippen LogP) is 4.28. The molecule has 0 amide bonds. The second-order valence-electron chi connectivity index (χ2n) is 5.67. The molecule has 0 aromatic carbocycles. The van der Waals surface area contributed by atoms with Gasteiger partial charge in [-0.1, -0.05) is 39.5 Å². The molecule has 0 radical (unpaired) electrons. The minimum atomic E-state index is 0.551. The number of ether oxygens (including phenoxy) is 1. The highest BCUT2D eigenvalue weighted by atomic mass is 16.5. The molecule has 1 saturated heterocycles. The van der Waals surface area contributed by atoms with Crippen molar-refractivity contribution in [1.29, 1.82) is 0 Å². The lowest BCUT2D eigenvalue weighted by Gasteiger charge is -2.25. The summed E-state index contributed by atoms with van der Waals surface area (Å²) < 4.78 is 5.82. The number of hydrogen-bond donors (Lipinski definition) is 1. The van der Waals surface area contributed by atoms with Crippen LogP contribution >= 0.6 is 0 Å². The Morgan fingerprint density at radius 1 is 1.11 bits per heavy atom. The highest BCUT2D eigenvalue weighted by Crippen LogP contribution is 2.19. The molecule has 2 heteroatoms. The lowest BCUT2D eigenvalue weighted by atomic mass is 9.98. The summed E-state index contributed by atoms with van der Waals surface area (Å²) in [5, 5.41) is 3.64. The Balaban J connectivity index is 2.11. The van der Waals surface area contributed by atoms with Gasteiger partial charge in [0.25, 0.3) is 0 Å². The fourth-order valence-electron chi connectivity index (χ4n) is 2.88. The Labute approximate surface area is 114 Å². The summed E-state index contributed by atoms with van der Waals surface area (Å²) in [7, 11) is 0. The van der Waals surface area contributed by atoms with E-state index in [4.69, 9.17) is 4.74 Å². The molecular weight excluding hydrogens is 222 g/mol. The van der Waals surface area contributed by atoms with Gasteiger partial charge in [0.05, 0.1) is 6.10 Å². The maximum Gasteiger partial charge on any atom is 0.0575 e. The van der Waals surface area contributed by atoms with Gasteiger partial charge in [-0.05, 0) is 45.1 Å². The van der Waals surface area contributed by atoms with Crippen molar-refractivity contribution in [1.82, 2.24) is 5.32 Å². The lowest BCUT2D eigenvalue weighted by Crippen LogP contribution is -2.31. The van der Waals surface area contributed by atoms with Crippen molar-refractivity contribution in [3.63, 3.8) is 0 Å². The van der Waals surface area contributed by atoms with Gasteiger partial charge in [-0.25, -0.2) is 0 Å². The molecule has 1 N–H and O–H groups in total. The van der Waals surface area contributed by atoms with Crippen LogP contribution in [0.2, 0.25) is 0 Å². The molecule has 1 rings (SSSR count). The minimum Gasteiger partial charge on any atom is -0.378 e. The third kappa shape index (κ3) is 7.38. The van der Waals surface area contributed by atoms with Crippen LogP contribution < -0.4 is 5.32 Å². The molecule has 0 spiro atoms. The summed E-state index contributed by atoms with van der Waals surface area (Å²) in [5.74, 6) is 0. The quantitative estimate of drug-likeness (QED) is 0.588. The fourth-order valence-corrected chi connectivity index (χ4v) is 2.88. The molecule has 0 aromatic heterocycles. The fraction of sp³-hybridized carbons (Fsp3) is 1.00. The Bertz CT molecular complexity index is 178. The maximum atomic E-state index is 5.82.